The van der Waals surface area contributed by atoms with Gasteiger partial charge in [-0.2, -0.15) is 0 Å². The van der Waals surface area contributed by atoms with Crippen LogP contribution in [0, 0.1) is 0 Å². The number of benzene rings is 7. The van der Waals surface area contributed by atoms with Crippen LogP contribution in [0.5, 0.6) is 0 Å². The largest absolute Gasteiger partial charge is 0.359 e. The van der Waals surface area contributed by atoms with Gasteiger partial charge in [0.15, 0.2) is 0 Å². The van der Waals surface area contributed by atoms with Crippen molar-refractivity contribution >= 4 is 71.0 Å². The second kappa shape index (κ2) is 12.0. The van der Waals surface area contributed by atoms with Gasteiger partial charge in [0.2, 0.25) is 0 Å². The van der Waals surface area contributed by atoms with Gasteiger partial charge in [-0.25, -0.2) is 9.98 Å². The Morgan fingerprint density at radius 3 is 2.39 bits per heavy atom. The zero-order valence-electron chi connectivity index (χ0n) is 30.2. The molecule has 8 aromatic rings. The molecular formula is C50H37N3S. The number of nitrogens with one attached hydrogen (secondary N) is 1. The average molecular weight is 712 g/mol. The van der Waals surface area contributed by atoms with E-state index < -0.39 is 0 Å². The summed E-state index contributed by atoms with van der Waals surface area (Å²) in [4.78, 5) is 10.6. The molecular weight excluding hydrogens is 675 g/mol. The van der Waals surface area contributed by atoms with Gasteiger partial charge in [-0.05, 0) is 86.3 Å². The number of hydrogen-bond acceptors (Lipinski definition) is 4. The highest BCUT2D eigenvalue weighted by Gasteiger charge is 2.37. The number of aliphatic imine (C=N–C) groups is 1. The molecule has 1 N–H and O–H groups in total. The van der Waals surface area contributed by atoms with Crippen LogP contribution in [0.15, 0.2) is 162 Å². The standard InChI is InChI=1S/C50H37N3S/c1-50(2)41-15-9-8-14-39(41)40-24-20-36(28-42(40)50)44-29-43(35-19-16-30-10-6-7-13-33(30)26-35)51-48(52-44)37-21-23-38-34(27-37)18-17-31-22-25-45-47(46(31)38)53-49(54-45)32-11-4-3-5-12-32/h3-8,10-14,16-29,44H,9,15H2,1-2H3,(H,51,52). The van der Waals surface area contributed by atoms with Crippen molar-refractivity contribution in [2.45, 2.75) is 38.1 Å². The number of thiazole rings is 1. The number of rotatable bonds is 4. The average Bonchev–Trinajstić information content (AvgIpc) is 3.77. The van der Waals surface area contributed by atoms with Crippen LogP contribution in [0.2, 0.25) is 0 Å². The molecule has 0 saturated heterocycles. The summed E-state index contributed by atoms with van der Waals surface area (Å²) in [6.45, 7) is 4.80. The van der Waals surface area contributed by atoms with Crippen molar-refractivity contribution in [1.82, 2.24) is 10.3 Å². The number of aromatic nitrogens is 1. The van der Waals surface area contributed by atoms with Crippen LogP contribution in [0.25, 0.3) is 64.4 Å². The Hall–Kier alpha value is -6.10. The van der Waals surface area contributed by atoms with Crippen molar-refractivity contribution in [1.29, 1.82) is 0 Å². The lowest BCUT2D eigenvalue weighted by atomic mass is 9.78. The van der Waals surface area contributed by atoms with E-state index >= 15 is 0 Å². The maximum atomic E-state index is 5.36. The van der Waals surface area contributed by atoms with Crippen LogP contribution in [0.3, 0.4) is 0 Å². The zero-order chi connectivity index (χ0) is 36.0. The first-order valence-corrected chi connectivity index (χ1v) is 19.7. The Bertz CT molecular complexity index is 2990. The van der Waals surface area contributed by atoms with Crippen LogP contribution in [0.4, 0.5) is 0 Å². The molecule has 0 saturated carbocycles. The molecule has 3 nitrogen and oxygen atoms in total. The predicted octanol–water partition coefficient (Wildman–Crippen LogP) is 12.9. The Labute approximate surface area is 318 Å². The van der Waals surface area contributed by atoms with E-state index in [1.807, 2.05) is 0 Å². The fourth-order valence-electron chi connectivity index (χ4n) is 9.00. The number of nitrogens with zero attached hydrogens (tertiary/aromatic N) is 2. The summed E-state index contributed by atoms with van der Waals surface area (Å²) in [5.41, 5.74) is 12.4. The molecule has 1 unspecified atom stereocenters. The Morgan fingerprint density at radius 2 is 1.48 bits per heavy atom. The van der Waals surface area contributed by atoms with Crippen molar-refractivity contribution in [3.8, 4) is 10.6 Å². The number of fused-ring (bicyclic) bond motifs is 8. The number of allylic oxidation sites excluding steroid dienone is 4. The predicted molar refractivity (Wildman–Crippen MR) is 229 cm³/mol. The molecule has 0 fully saturated rings. The molecule has 0 bridgehead atoms. The van der Waals surface area contributed by atoms with E-state index in [1.165, 1.54) is 59.3 Å². The van der Waals surface area contributed by atoms with E-state index in [0.29, 0.717) is 0 Å². The highest BCUT2D eigenvalue weighted by Crippen LogP contribution is 2.50. The minimum absolute atomic E-state index is 0.00756. The summed E-state index contributed by atoms with van der Waals surface area (Å²) in [6, 6.07) is 48.5. The molecule has 258 valence electrons. The fraction of sp³-hybridized carbons (Fsp3) is 0.120. The monoisotopic (exact) mass is 711 g/mol. The summed E-state index contributed by atoms with van der Waals surface area (Å²) >= 11 is 1.76. The highest BCUT2D eigenvalue weighted by molar-refractivity contribution is 7.21. The Morgan fingerprint density at radius 1 is 0.704 bits per heavy atom. The van der Waals surface area contributed by atoms with Crippen LogP contribution >= 0.6 is 11.3 Å². The minimum Gasteiger partial charge on any atom is -0.359 e. The fourth-order valence-corrected chi connectivity index (χ4v) is 9.98. The van der Waals surface area contributed by atoms with Crippen LogP contribution in [0.1, 0.15) is 60.5 Å². The summed E-state index contributed by atoms with van der Waals surface area (Å²) in [5, 5.41) is 12.2. The van der Waals surface area contributed by atoms with E-state index in [0.717, 1.165) is 51.6 Å². The third kappa shape index (κ3) is 4.94. The van der Waals surface area contributed by atoms with Crippen molar-refractivity contribution < 1.29 is 0 Å². The molecule has 54 heavy (non-hydrogen) atoms. The quantitative estimate of drug-likeness (QED) is 0.185. The topological polar surface area (TPSA) is 37.3 Å². The maximum absolute atomic E-state index is 5.36. The van der Waals surface area contributed by atoms with Gasteiger partial charge >= 0.3 is 0 Å². The molecule has 0 radical (unpaired) electrons. The van der Waals surface area contributed by atoms with E-state index in [9.17, 15) is 0 Å². The Balaban J connectivity index is 1.03. The molecule has 1 aromatic heterocycles. The summed E-state index contributed by atoms with van der Waals surface area (Å²) in [7, 11) is 0. The highest BCUT2D eigenvalue weighted by atomic mass is 32.1. The SMILES string of the molecule is CC1(C)C2=C(C=CCC2)c2ccc(C3C=C(c4ccc5ccccc5c4)N=C(c4ccc5c(ccc6ccc7sc(-c8ccccc8)nc7c65)c4)N3)cc21. The van der Waals surface area contributed by atoms with E-state index in [2.05, 4.69) is 171 Å². The van der Waals surface area contributed by atoms with Gasteiger partial charge in [-0.3, -0.25) is 0 Å². The van der Waals surface area contributed by atoms with Gasteiger partial charge in [-0.1, -0.05) is 147 Å². The van der Waals surface area contributed by atoms with Crippen LogP contribution in [-0.2, 0) is 5.41 Å². The molecule has 0 spiro atoms. The molecule has 2 aliphatic carbocycles. The third-order valence-electron chi connectivity index (χ3n) is 11.8. The third-order valence-corrected chi connectivity index (χ3v) is 12.9. The normalized spacial score (nSPS) is 17.5. The van der Waals surface area contributed by atoms with Crippen LogP contribution < -0.4 is 5.32 Å². The number of hydrogen-bond donors (Lipinski definition) is 1. The van der Waals surface area contributed by atoms with Gasteiger partial charge in [-0.15, -0.1) is 11.3 Å². The molecule has 7 aromatic carbocycles. The molecule has 1 aliphatic heterocycles. The molecule has 0 amide bonds. The van der Waals surface area contributed by atoms with Crippen molar-refractivity contribution in [3.63, 3.8) is 0 Å². The molecule has 1 atom stereocenters. The zero-order valence-corrected chi connectivity index (χ0v) is 31.0. The molecule has 2 heterocycles. The second-order valence-electron chi connectivity index (χ2n) is 15.4. The summed E-state index contributed by atoms with van der Waals surface area (Å²) in [6.07, 6.45) is 9.23. The van der Waals surface area contributed by atoms with Gasteiger partial charge in [0.25, 0.3) is 0 Å². The van der Waals surface area contributed by atoms with Gasteiger partial charge in [0.05, 0.1) is 22.0 Å². The van der Waals surface area contributed by atoms with Crippen molar-refractivity contribution in [2.24, 2.45) is 4.99 Å². The minimum atomic E-state index is -0.0495. The first-order chi connectivity index (χ1) is 26.5. The van der Waals surface area contributed by atoms with Crippen molar-refractivity contribution in [3.05, 3.63) is 185 Å². The first-order valence-electron chi connectivity index (χ1n) is 18.9. The summed E-state index contributed by atoms with van der Waals surface area (Å²) in [5.74, 6) is 0.881. The van der Waals surface area contributed by atoms with E-state index in [4.69, 9.17) is 9.98 Å². The van der Waals surface area contributed by atoms with Gasteiger partial charge in [0, 0.05) is 27.5 Å². The summed E-state index contributed by atoms with van der Waals surface area (Å²) < 4.78 is 1.20. The lowest BCUT2D eigenvalue weighted by Gasteiger charge is -2.28. The van der Waals surface area contributed by atoms with Gasteiger partial charge in [0.1, 0.15) is 10.8 Å². The van der Waals surface area contributed by atoms with E-state index in [1.54, 1.807) is 16.9 Å². The van der Waals surface area contributed by atoms with Crippen LogP contribution in [-0.4, -0.2) is 10.8 Å². The van der Waals surface area contributed by atoms with Crippen molar-refractivity contribution in [2.75, 3.05) is 0 Å². The Kier molecular flexibility index (Phi) is 6.96. The maximum Gasteiger partial charge on any atom is 0.134 e. The smallest absolute Gasteiger partial charge is 0.134 e. The lowest BCUT2D eigenvalue weighted by molar-refractivity contribution is 0.605. The first kappa shape index (κ1) is 31.4. The molecule has 11 rings (SSSR count). The van der Waals surface area contributed by atoms with Gasteiger partial charge < -0.3 is 5.32 Å². The number of amidine groups is 1. The van der Waals surface area contributed by atoms with E-state index in [-0.39, 0.29) is 11.5 Å². The molecule has 3 aliphatic rings. The lowest BCUT2D eigenvalue weighted by Crippen LogP contribution is -2.31. The second-order valence-corrected chi connectivity index (χ2v) is 16.4. The molecule has 4 heteroatoms.